The Labute approximate surface area is 125 Å². The quantitative estimate of drug-likeness (QED) is 0.877. The molecule has 0 unspecified atom stereocenters. The minimum atomic E-state index is -3.55. The predicted octanol–water partition coefficient (Wildman–Crippen LogP) is 2.74. The fraction of sp³-hybridized carbons (Fsp3) is 0.571. The summed E-state index contributed by atoms with van der Waals surface area (Å²) in [6.07, 6.45) is 7.71. The number of nitrogens with one attached hydrogen (secondary N) is 1. The molecule has 0 heterocycles. The number of thioether (sulfide) groups is 1. The highest BCUT2D eigenvalue weighted by molar-refractivity contribution is 8.00. The van der Waals surface area contributed by atoms with Crippen molar-refractivity contribution in [2.45, 2.75) is 41.7 Å². The molecular formula is C14H21NO3S2. The molecule has 1 aromatic rings. The van der Waals surface area contributed by atoms with Crippen LogP contribution < -0.4 is 4.72 Å². The van der Waals surface area contributed by atoms with Crippen LogP contribution in [-0.2, 0) is 10.0 Å². The molecule has 0 bridgehead atoms. The summed E-state index contributed by atoms with van der Waals surface area (Å²) >= 11 is 1.76. The van der Waals surface area contributed by atoms with Crippen LogP contribution in [0, 0.1) is 0 Å². The summed E-state index contributed by atoms with van der Waals surface area (Å²) in [6, 6.07) is 5.77. The molecule has 4 nitrogen and oxygen atoms in total. The van der Waals surface area contributed by atoms with E-state index in [9.17, 15) is 13.5 Å². The Bertz CT molecular complexity index is 551. The topological polar surface area (TPSA) is 66.4 Å². The van der Waals surface area contributed by atoms with E-state index in [4.69, 9.17) is 0 Å². The van der Waals surface area contributed by atoms with Crippen molar-refractivity contribution < 1.29 is 13.5 Å². The molecule has 0 spiro atoms. The summed E-state index contributed by atoms with van der Waals surface area (Å²) in [6.45, 7) is 0.451. The van der Waals surface area contributed by atoms with E-state index in [2.05, 4.69) is 4.72 Å². The molecule has 1 fully saturated rings. The van der Waals surface area contributed by atoms with Crippen LogP contribution in [0.25, 0.3) is 0 Å². The molecule has 1 saturated carbocycles. The van der Waals surface area contributed by atoms with Crippen LogP contribution in [0.2, 0.25) is 0 Å². The lowest BCUT2D eigenvalue weighted by atomic mass is 9.88. The molecule has 112 valence electrons. The number of rotatable bonds is 5. The van der Waals surface area contributed by atoms with Crippen LogP contribution in [0.1, 0.15) is 32.1 Å². The summed E-state index contributed by atoms with van der Waals surface area (Å²) in [5, 5.41) is 9.39. The van der Waals surface area contributed by atoms with Crippen molar-refractivity contribution in [1.29, 1.82) is 0 Å². The summed E-state index contributed by atoms with van der Waals surface area (Å²) in [5.41, 5.74) is 0. The van der Waals surface area contributed by atoms with Crippen LogP contribution in [0.5, 0.6) is 5.75 Å². The van der Waals surface area contributed by atoms with Gasteiger partial charge in [0.15, 0.2) is 0 Å². The first-order valence-corrected chi connectivity index (χ1v) is 9.52. The summed E-state index contributed by atoms with van der Waals surface area (Å²) in [4.78, 5) is 0.115. The summed E-state index contributed by atoms with van der Waals surface area (Å²) < 4.78 is 27.2. The molecule has 0 aromatic heterocycles. The summed E-state index contributed by atoms with van der Waals surface area (Å²) in [5.74, 6) is -0.0369. The molecule has 2 rings (SSSR count). The second kappa shape index (κ2) is 6.37. The average Bonchev–Trinajstić information content (AvgIpc) is 2.46. The standard InChI is InChI=1S/C14H21NO3S2/c1-19-14(8-3-2-4-9-14)11-15-20(17,18)13-7-5-6-12(16)10-13/h5-7,10,15-16H,2-4,8-9,11H2,1H3. The van der Waals surface area contributed by atoms with E-state index in [-0.39, 0.29) is 15.4 Å². The Kier molecular flexibility index (Phi) is 4.99. The smallest absolute Gasteiger partial charge is 0.240 e. The molecular weight excluding hydrogens is 294 g/mol. The zero-order valence-corrected chi connectivity index (χ0v) is 13.3. The van der Waals surface area contributed by atoms with Crippen LogP contribution in [0.15, 0.2) is 29.2 Å². The Morgan fingerprint density at radius 2 is 2.00 bits per heavy atom. The molecule has 0 amide bonds. The van der Waals surface area contributed by atoms with Gasteiger partial charge in [-0.3, -0.25) is 0 Å². The number of hydrogen-bond acceptors (Lipinski definition) is 4. The van der Waals surface area contributed by atoms with Crippen molar-refractivity contribution in [2.24, 2.45) is 0 Å². The number of phenols is 1. The average molecular weight is 315 g/mol. The van der Waals surface area contributed by atoms with Gasteiger partial charge in [0, 0.05) is 11.3 Å². The SMILES string of the molecule is CSC1(CNS(=O)(=O)c2cccc(O)c2)CCCCC1. The predicted molar refractivity (Wildman–Crippen MR) is 82.6 cm³/mol. The third kappa shape index (κ3) is 3.68. The van der Waals surface area contributed by atoms with Gasteiger partial charge in [-0.25, -0.2) is 13.1 Å². The molecule has 6 heteroatoms. The molecule has 0 radical (unpaired) electrons. The Balaban J connectivity index is 2.08. The number of hydrogen-bond donors (Lipinski definition) is 2. The minimum absolute atomic E-state index is 0.0160. The van der Waals surface area contributed by atoms with Gasteiger partial charge in [0.2, 0.25) is 10.0 Å². The van der Waals surface area contributed by atoms with Crippen molar-refractivity contribution in [3.8, 4) is 5.75 Å². The van der Waals surface area contributed by atoms with E-state index in [0.29, 0.717) is 6.54 Å². The Hall–Kier alpha value is -0.720. The van der Waals surface area contributed by atoms with Crippen LogP contribution in [-0.4, -0.2) is 31.1 Å². The van der Waals surface area contributed by atoms with Gasteiger partial charge < -0.3 is 5.11 Å². The van der Waals surface area contributed by atoms with Gasteiger partial charge in [0.25, 0.3) is 0 Å². The molecule has 0 saturated heterocycles. The highest BCUT2D eigenvalue weighted by Crippen LogP contribution is 2.38. The molecule has 2 N–H and O–H groups in total. The summed E-state index contributed by atoms with van der Waals surface area (Å²) in [7, 11) is -3.55. The van der Waals surface area contributed by atoms with Gasteiger partial charge in [0.05, 0.1) is 4.90 Å². The highest BCUT2D eigenvalue weighted by Gasteiger charge is 2.32. The van der Waals surface area contributed by atoms with E-state index in [1.165, 1.54) is 30.7 Å². The normalized spacial score (nSPS) is 18.9. The molecule has 1 aromatic carbocycles. The Morgan fingerprint density at radius 1 is 1.30 bits per heavy atom. The first-order chi connectivity index (χ1) is 9.47. The zero-order valence-electron chi connectivity index (χ0n) is 11.6. The molecule has 0 atom stereocenters. The maximum Gasteiger partial charge on any atom is 0.240 e. The van der Waals surface area contributed by atoms with Gasteiger partial charge in [0.1, 0.15) is 5.75 Å². The second-order valence-electron chi connectivity index (χ2n) is 5.27. The Morgan fingerprint density at radius 3 is 2.60 bits per heavy atom. The lowest BCUT2D eigenvalue weighted by molar-refractivity contribution is 0.395. The molecule has 1 aliphatic rings. The number of phenolic OH excluding ortho intramolecular Hbond substituents is 1. The van der Waals surface area contributed by atoms with Crippen molar-refractivity contribution in [1.82, 2.24) is 4.72 Å². The third-order valence-electron chi connectivity index (χ3n) is 3.91. The number of aromatic hydroxyl groups is 1. The van der Waals surface area contributed by atoms with Crippen molar-refractivity contribution >= 4 is 21.8 Å². The second-order valence-corrected chi connectivity index (χ2v) is 8.31. The van der Waals surface area contributed by atoms with Crippen molar-refractivity contribution in [3.05, 3.63) is 24.3 Å². The monoisotopic (exact) mass is 315 g/mol. The zero-order chi connectivity index (χ0) is 14.6. The van der Waals surface area contributed by atoms with Crippen molar-refractivity contribution in [2.75, 3.05) is 12.8 Å². The lowest BCUT2D eigenvalue weighted by Gasteiger charge is -2.35. The number of sulfonamides is 1. The largest absolute Gasteiger partial charge is 0.508 e. The van der Waals surface area contributed by atoms with Gasteiger partial charge in [-0.2, -0.15) is 11.8 Å². The molecule has 1 aliphatic carbocycles. The lowest BCUT2D eigenvalue weighted by Crippen LogP contribution is -2.41. The van der Waals surface area contributed by atoms with E-state index >= 15 is 0 Å². The number of benzene rings is 1. The maximum absolute atomic E-state index is 12.3. The van der Waals surface area contributed by atoms with Crippen molar-refractivity contribution in [3.63, 3.8) is 0 Å². The van der Waals surface area contributed by atoms with Gasteiger partial charge in [-0.05, 0) is 37.3 Å². The highest BCUT2D eigenvalue weighted by atomic mass is 32.2. The fourth-order valence-corrected chi connectivity index (χ4v) is 4.78. The van der Waals surface area contributed by atoms with Crippen LogP contribution >= 0.6 is 11.8 Å². The van der Waals surface area contributed by atoms with Crippen LogP contribution in [0.3, 0.4) is 0 Å². The maximum atomic E-state index is 12.3. The minimum Gasteiger partial charge on any atom is -0.508 e. The fourth-order valence-electron chi connectivity index (χ4n) is 2.61. The van der Waals surface area contributed by atoms with Crippen LogP contribution in [0.4, 0.5) is 0 Å². The first kappa shape index (κ1) is 15.7. The van der Waals surface area contributed by atoms with Gasteiger partial charge in [-0.1, -0.05) is 25.3 Å². The molecule has 20 heavy (non-hydrogen) atoms. The van der Waals surface area contributed by atoms with Gasteiger partial charge >= 0.3 is 0 Å². The van der Waals surface area contributed by atoms with E-state index in [0.717, 1.165) is 25.7 Å². The van der Waals surface area contributed by atoms with E-state index < -0.39 is 10.0 Å². The third-order valence-corrected chi connectivity index (χ3v) is 6.73. The molecule has 0 aliphatic heterocycles. The van der Waals surface area contributed by atoms with Gasteiger partial charge in [-0.15, -0.1) is 0 Å². The van der Waals surface area contributed by atoms with E-state index in [1.807, 2.05) is 6.26 Å². The first-order valence-electron chi connectivity index (χ1n) is 6.81. The van der Waals surface area contributed by atoms with E-state index in [1.54, 1.807) is 11.8 Å².